The summed E-state index contributed by atoms with van der Waals surface area (Å²) in [6.07, 6.45) is 0.167. The molecule has 0 aliphatic heterocycles. The van der Waals surface area contributed by atoms with Gasteiger partial charge in [0.25, 0.3) is 0 Å². The van der Waals surface area contributed by atoms with Crippen LogP contribution in [0.15, 0.2) is 54.6 Å². The molecule has 2 aromatic rings. The molecule has 0 aromatic heterocycles. The number of carbonyl (C=O) groups is 2. The van der Waals surface area contributed by atoms with Gasteiger partial charge in [-0.2, -0.15) is 5.26 Å². The molecule has 1 amide bonds. The van der Waals surface area contributed by atoms with Crippen molar-refractivity contribution in [2.24, 2.45) is 0 Å². The Morgan fingerprint density at radius 2 is 1.81 bits per heavy atom. The molecule has 0 aliphatic rings. The van der Waals surface area contributed by atoms with Crippen LogP contribution in [-0.4, -0.2) is 31.6 Å². The number of nitrogens with zero attached hydrogens (tertiary/aromatic N) is 1. The van der Waals surface area contributed by atoms with Gasteiger partial charge in [-0.25, -0.2) is 4.79 Å². The lowest BCUT2D eigenvalue weighted by atomic mass is 10.0. The lowest BCUT2D eigenvalue weighted by molar-refractivity contribution is -0.145. The second kappa shape index (κ2) is 9.97. The van der Waals surface area contributed by atoms with E-state index in [2.05, 4.69) is 11.4 Å². The normalized spacial score (nSPS) is 11.2. The number of rotatable bonds is 8. The van der Waals surface area contributed by atoms with E-state index in [0.29, 0.717) is 17.7 Å². The topological polar surface area (TPSA) is 88.4 Å². The maximum Gasteiger partial charge on any atom is 0.328 e. The quantitative estimate of drug-likeness (QED) is 0.734. The summed E-state index contributed by atoms with van der Waals surface area (Å²) in [5, 5.41) is 11.8. The molecule has 134 valence electrons. The van der Waals surface area contributed by atoms with E-state index in [1.807, 2.05) is 30.3 Å². The zero-order chi connectivity index (χ0) is 18.8. The van der Waals surface area contributed by atoms with Gasteiger partial charge >= 0.3 is 5.97 Å². The molecular formula is C20H20N2O4. The van der Waals surface area contributed by atoms with Crippen molar-refractivity contribution in [1.29, 1.82) is 5.26 Å². The van der Waals surface area contributed by atoms with Crippen LogP contribution in [-0.2, 0) is 32.1 Å². The number of amides is 1. The maximum atomic E-state index is 12.1. The van der Waals surface area contributed by atoms with Crippen LogP contribution in [0.5, 0.6) is 0 Å². The second-order valence-corrected chi connectivity index (χ2v) is 5.59. The van der Waals surface area contributed by atoms with Gasteiger partial charge in [0.15, 0.2) is 0 Å². The first-order valence-electron chi connectivity index (χ1n) is 8.11. The second-order valence-electron chi connectivity index (χ2n) is 5.59. The van der Waals surface area contributed by atoms with Crippen LogP contribution in [0.3, 0.4) is 0 Å². The summed E-state index contributed by atoms with van der Waals surface area (Å²) in [7, 11) is 1.25. The van der Waals surface area contributed by atoms with E-state index in [9.17, 15) is 9.59 Å². The Balaban J connectivity index is 1.93. The third-order valence-electron chi connectivity index (χ3n) is 3.73. The predicted molar refractivity (Wildman–Crippen MR) is 94.9 cm³/mol. The van der Waals surface area contributed by atoms with Gasteiger partial charge in [-0.3, -0.25) is 4.79 Å². The molecule has 0 saturated heterocycles. The molecule has 0 heterocycles. The van der Waals surface area contributed by atoms with Crippen LogP contribution in [0.2, 0.25) is 0 Å². The van der Waals surface area contributed by atoms with E-state index in [1.54, 1.807) is 24.3 Å². The maximum absolute atomic E-state index is 12.1. The van der Waals surface area contributed by atoms with Crippen molar-refractivity contribution in [3.8, 4) is 6.07 Å². The highest BCUT2D eigenvalue weighted by Crippen LogP contribution is 2.11. The molecule has 2 aromatic carbocycles. The number of hydrogen-bond acceptors (Lipinski definition) is 5. The summed E-state index contributed by atoms with van der Waals surface area (Å²) >= 11 is 0. The van der Waals surface area contributed by atoms with Crippen molar-refractivity contribution in [2.45, 2.75) is 19.1 Å². The fourth-order valence-corrected chi connectivity index (χ4v) is 2.43. The average molecular weight is 352 g/mol. The summed E-state index contributed by atoms with van der Waals surface area (Å²) in [5.74, 6) is -1.00. The Kier molecular flexibility index (Phi) is 7.34. The van der Waals surface area contributed by atoms with E-state index in [0.717, 1.165) is 5.56 Å². The van der Waals surface area contributed by atoms with Crippen LogP contribution in [0, 0.1) is 11.3 Å². The lowest BCUT2D eigenvalue weighted by Gasteiger charge is -2.17. The first-order chi connectivity index (χ1) is 12.6. The number of methoxy groups -OCH3 is 1. The number of esters is 1. The number of carbonyl (C=O) groups excluding carboxylic acids is 2. The van der Waals surface area contributed by atoms with Gasteiger partial charge in [-0.15, -0.1) is 0 Å². The van der Waals surface area contributed by atoms with E-state index in [1.165, 1.54) is 7.11 Å². The van der Waals surface area contributed by atoms with Crippen molar-refractivity contribution < 1.29 is 19.1 Å². The Morgan fingerprint density at radius 3 is 2.50 bits per heavy atom. The molecule has 0 unspecified atom stereocenters. The van der Waals surface area contributed by atoms with Gasteiger partial charge in [-0.1, -0.05) is 48.5 Å². The third kappa shape index (κ3) is 5.72. The zero-order valence-corrected chi connectivity index (χ0v) is 14.5. The van der Waals surface area contributed by atoms with Gasteiger partial charge in [0.1, 0.15) is 12.6 Å². The molecule has 0 aliphatic carbocycles. The van der Waals surface area contributed by atoms with Crippen molar-refractivity contribution in [1.82, 2.24) is 5.32 Å². The van der Waals surface area contributed by atoms with Crippen molar-refractivity contribution >= 4 is 11.9 Å². The molecule has 2 rings (SSSR count). The minimum absolute atomic E-state index is 0.167. The van der Waals surface area contributed by atoms with Crippen molar-refractivity contribution in [3.63, 3.8) is 0 Å². The zero-order valence-electron chi connectivity index (χ0n) is 14.5. The minimum Gasteiger partial charge on any atom is -0.467 e. The van der Waals surface area contributed by atoms with Gasteiger partial charge < -0.3 is 14.8 Å². The monoisotopic (exact) mass is 352 g/mol. The van der Waals surface area contributed by atoms with E-state index < -0.39 is 17.9 Å². The number of nitrogens with one attached hydrogen (secondary N) is 1. The van der Waals surface area contributed by atoms with Crippen LogP contribution < -0.4 is 5.32 Å². The molecule has 6 heteroatoms. The number of benzene rings is 2. The Hall–Kier alpha value is -3.17. The molecule has 26 heavy (non-hydrogen) atoms. The summed E-state index contributed by atoms with van der Waals surface area (Å²) in [6.45, 7) is 0.122. The predicted octanol–water partition coefficient (Wildman–Crippen LogP) is 1.98. The fourth-order valence-electron chi connectivity index (χ4n) is 2.43. The molecule has 6 nitrogen and oxygen atoms in total. The smallest absolute Gasteiger partial charge is 0.328 e. The fraction of sp³-hybridized carbons (Fsp3) is 0.250. The van der Waals surface area contributed by atoms with Crippen LogP contribution in [0.4, 0.5) is 0 Å². The summed E-state index contributed by atoms with van der Waals surface area (Å²) in [6, 6.07) is 17.6. The lowest BCUT2D eigenvalue weighted by Crippen LogP contribution is -2.44. The van der Waals surface area contributed by atoms with E-state index in [4.69, 9.17) is 14.7 Å². The third-order valence-corrected chi connectivity index (χ3v) is 3.73. The molecule has 0 bridgehead atoms. The van der Waals surface area contributed by atoms with Crippen LogP contribution in [0.1, 0.15) is 16.7 Å². The van der Waals surface area contributed by atoms with Gasteiger partial charge in [0.05, 0.1) is 25.3 Å². The molecule has 0 fully saturated rings. The molecule has 0 spiro atoms. The standard InChI is InChI=1S/C20H20N2O4/c1-25-20(24)18(11-16-9-5-6-10-17(16)12-21)22-19(23)14-26-13-15-7-3-2-4-8-15/h2-10,18H,11,13-14H2,1H3,(H,22,23)/t18-/m1/s1. The number of ether oxygens (including phenoxy) is 2. The Morgan fingerprint density at radius 1 is 1.12 bits per heavy atom. The minimum atomic E-state index is -0.887. The van der Waals surface area contributed by atoms with E-state index >= 15 is 0 Å². The highest BCUT2D eigenvalue weighted by atomic mass is 16.5. The van der Waals surface area contributed by atoms with Gasteiger partial charge in [0, 0.05) is 6.42 Å². The largest absolute Gasteiger partial charge is 0.467 e. The van der Waals surface area contributed by atoms with Crippen LogP contribution in [0.25, 0.3) is 0 Å². The van der Waals surface area contributed by atoms with Crippen LogP contribution >= 0.6 is 0 Å². The van der Waals surface area contributed by atoms with Crippen molar-refractivity contribution in [3.05, 3.63) is 71.3 Å². The highest BCUT2D eigenvalue weighted by molar-refractivity contribution is 5.85. The molecule has 0 radical (unpaired) electrons. The van der Waals surface area contributed by atoms with Crippen molar-refractivity contribution in [2.75, 3.05) is 13.7 Å². The summed E-state index contributed by atoms with van der Waals surface area (Å²) < 4.78 is 10.1. The van der Waals surface area contributed by atoms with Gasteiger partial charge in [0.2, 0.25) is 5.91 Å². The number of nitriles is 1. The van der Waals surface area contributed by atoms with Gasteiger partial charge in [-0.05, 0) is 17.2 Å². The molecule has 0 saturated carbocycles. The highest BCUT2D eigenvalue weighted by Gasteiger charge is 2.23. The first-order valence-corrected chi connectivity index (χ1v) is 8.11. The van der Waals surface area contributed by atoms with E-state index in [-0.39, 0.29) is 13.0 Å². The number of hydrogen-bond donors (Lipinski definition) is 1. The molecule has 1 atom stereocenters. The first kappa shape index (κ1) is 19.2. The Labute approximate surface area is 152 Å². The summed E-state index contributed by atoms with van der Waals surface area (Å²) in [5.41, 5.74) is 2.07. The Bertz CT molecular complexity index is 784. The molecule has 1 N–H and O–H groups in total. The average Bonchev–Trinajstić information content (AvgIpc) is 2.68. The summed E-state index contributed by atoms with van der Waals surface area (Å²) in [4.78, 5) is 24.1. The molecular weight excluding hydrogens is 332 g/mol. The SMILES string of the molecule is COC(=O)[C@@H](Cc1ccccc1C#N)NC(=O)COCc1ccccc1.